The molecule has 3 aliphatic rings. The van der Waals surface area contributed by atoms with Gasteiger partial charge in [0, 0.05) is 6.04 Å². The summed E-state index contributed by atoms with van der Waals surface area (Å²) >= 11 is 0. The third kappa shape index (κ3) is 1.32. The van der Waals surface area contributed by atoms with Crippen LogP contribution in [0.5, 0.6) is 0 Å². The molecule has 0 heterocycles. The van der Waals surface area contributed by atoms with Crippen LogP contribution in [0.15, 0.2) is 0 Å². The van der Waals surface area contributed by atoms with E-state index in [2.05, 4.69) is 12.4 Å². The zero-order valence-electron chi connectivity index (χ0n) is 9.34. The van der Waals surface area contributed by atoms with E-state index in [0.717, 1.165) is 29.7 Å². The van der Waals surface area contributed by atoms with Gasteiger partial charge >= 0.3 is 0 Å². The average Bonchev–Trinajstić information content (AvgIpc) is 2.67. The molecule has 1 N–H and O–H groups in total. The van der Waals surface area contributed by atoms with Crippen molar-refractivity contribution in [3.8, 4) is 0 Å². The molecule has 3 saturated carbocycles. The minimum atomic E-state index is 0.882. The van der Waals surface area contributed by atoms with Gasteiger partial charge in [-0.15, -0.1) is 0 Å². The van der Waals surface area contributed by atoms with E-state index < -0.39 is 0 Å². The fraction of sp³-hybridized carbons (Fsp3) is 1.00. The van der Waals surface area contributed by atoms with Crippen molar-refractivity contribution in [1.29, 1.82) is 0 Å². The molecular formula is C13H23N. The number of fused-ring (bicyclic) bond motifs is 1. The van der Waals surface area contributed by atoms with Gasteiger partial charge < -0.3 is 5.32 Å². The van der Waals surface area contributed by atoms with Gasteiger partial charge in [-0.2, -0.15) is 0 Å². The first-order valence-corrected chi connectivity index (χ1v) is 6.59. The maximum Gasteiger partial charge on any atom is 0.0126 e. The normalized spacial score (nSPS) is 43.9. The van der Waals surface area contributed by atoms with Crippen LogP contribution < -0.4 is 5.32 Å². The van der Waals surface area contributed by atoms with Crippen LogP contribution in [-0.2, 0) is 0 Å². The van der Waals surface area contributed by atoms with Crippen molar-refractivity contribution in [3.63, 3.8) is 0 Å². The van der Waals surface area contributed by atoms with Crippen molar-refractivity contribution in [2.75, 3.05) is 7.05 Å². The van der Waals surface area contributed by atoms with E-state index in [9.17, 15) is 0 Å². The molecule has 0 amide bonds. The first-order chi connectivity index (χ1) is 6.92. The minimum Gasteiger partial charge on any atom is -0.316 e. The molecule has 1 nitrogen and oxygen atoms in total. The number of rotatable bonds is 3. The summed E-state index contributed by atoms with van der Waals surface area (Å²) in [4.78, 5) is 0. The maximum atomic E-state index is 3.63. The molecule has 3 unspecified atom stereocenters. The SMILES string of the molecule is CNC(C1CCCC1)C1C2CCCC21. The van der Waals surface area contributed by atoms with Crippen molar-refractivity contribution in [3.05, 3.63) is 0 Å². The topological polar surface area (TPSA) is 12.0 Å². The first-order valence-electron chi connectivity index (χ1n) is 6.59. The summed E-state index contributed by atoms with van der Waals surface area (Å²) in [5.41, 5.74) is 0. The van der Waals surface area contributed by atoms with Crippen LogP contribution >= 0.6 is 0 Å². The highest BCUT2D eigenvalue weighted by Crippen LogP contribution is 2.60. The van der Waals surface area contributed by atoms with Crippen molar-refractivity contribution in [2.45, 2.75) is 51.0 Å². The lowest BCUT2D eigenvalue weighted by Gasteiger charge is -2.24. The van der Waals surface area contributed by atoms with Crippen LogP contribution in [0.4, 0.5) is 0 Å². The molecule has 0 aromatic rings. The highest BCUT2D eigenvalue weighted by molar-refractivity contribution is 5.07. The summed E-state index contributed by atoms with van der Waals surface area (Å²) in [6, 6.07) is 0.882. The molecule has 3 fully saturated rings. The van der Waals surface area contributed by atoms with Gasteiger partial charge in [0.15, 0.2) is 0 Å². The van der Waals surface area contributed by atoms with Crippen molar-refractivity contribution in [2.24, 2.45) is 23.7 Å². The van der Waals surface area contributed by atoms with Gasteiger partial charge in [0.05, 0.1) is 0 Å². The third-order valence-corrected chi connectivity index (χ3v) is 5.13. The fourth-order valence-corrected chi connectivity index (χ4v) is 4.47. The zero-order chi connectivity index (χ0) is 9.54. The lowest BCUT2D eigenvalue weighted by atomic mass is 9.90. The maximum absolute atomic E-state index is 3.63. The second kappa shape index (κ2) is 3.52. The van der Waals surface area contributed by atoms with Crippen molar-refractivity contribution >= 4 is 0 Å². The van der Waals surface area contributed by atoms with Gasteiger partial charge in [0.25, 0.3) is 0 Å². The standard InChI is InChI=1S/C13H23N/c1-14-13(9-5-2-3-6-9)12-10-7-4-8-11(10)12/h9-14H,2-8H2,1H3. The fourth-order valence-electron chi connectivity index (χ4n) is 4.47. The highest BCUT2D eigenvalue weighted by atomic mass is 14.9. The van der Waals surface area contributed by atoms with Crippen LogP contribution in [0, 0.1) is 23.7 Å². The van der Waals surface area contributed by atoms with Gasteiger partial charge in [0.2, 0.25) is 0 Å². The van der Waals surface area contributed by atoms with E-state index in [0.29, 0.717) is 0 Å². The summed E-state index contributed by atoms with van der Waals surface area (Å²) in [5, 5.41) is 3.63. The number of hydrogen-bond donors (Lipinski definition) is 1. The van der Waals surface area contributed by atoms with Crippen molar-refractivity contribution < 1.29 is 0 Å². The van der Waals surface area contributed by atoms with Gasteiger partial charge in [-0.05, 0) is 56.4 Å². The largest absolute Gasteiger partial charge is 0.316 e. The Bertz CT molecular complexity index is 197. The molecular weight excluding hydrogens is 170 g/mol. The summed E-state index contributed by atoms with van der Waals surface area (Å²) in [6.45, 7) is 0. The lowest BCUT2D eigenvalue weighted by Crippen LogP contribution is -2.35. The smallest absolute Gasteiger partial charge is 0.0126 e. The Hall–Kier alpha value is -0.0400. The molecule has 1 heteroatoms. The monoisotopic (exact) mass is 193 g/mol. The zero-order valence-corrected chi connectivity index (χ0v) is 9.34. The quantitative estimate of drug-likeness (QED) is 0.727. The van der Waals surface area contributed by atoms with Crippen LogP contribution in [-0.4, -0.2) is 13.1 Å². The summed E-state index contributed by atoms with van der Waals surface area (Å²) in [7, 11) is 2.19. The molecule has 0 aromatic heterocycles. The second-order valence-corrected chi connectivity index (χ2v) is 5.69. The average molecular weight is 193 g/mol. The summed E-state index contributed by atoms with van der Waals surface area (Å²) < 4.78 is 0. The molecule has 0 radical (unpaired) electrons. The second-order valence-electron chi connectivity index (χ2n) is 5.69. The molecule has 0 spiro atoms. The highest BCUT2D eigenvalue weighted by Gasteiger charge is 2.56. The van der Waals surface area contributed by atoms with E-state index >= 15 is 0 Å². The molecule has 0 aliphatic heterocycles. The molecule has 3 rings (SSSR count). The Balaban J connectivity index is 1.63. The van der Waals surface area contributed by atoms with Gasteiger partial charge in [-0.25, -0.2) is 0 Å². The van der Waals surface area contributed by atoms with Gasteiger partial charge in [0.1, 0.15) is 0 Å². The number of nitrogens with one attached hydrogen (secondary N) is 1. The molecule has 14 heavy (non-hydrogen) atoms. The molecule has 0 bridgehead atoms. The van der Waals surface area contributed by atoms with E-state index in [1.807, 2.05) is 0 Å². The Labute approximate surface area is 87.7 Å². The Kier molecular flexibility index (Phi) is 2.31. The predicted octanol–water partition coefficient (Wildman–Crippen LogP) is 2.81. The van der Waals surface area contributed by atoms with Gasteiger partial charge in [-0.1, -0.05) is 19.3 Å². The molecule has 3 aliphatic carbocycles. The third-order valence-electron chi connectivity index (χ3n) is 5.13. The van der Waals surface area contributed by atoms with E-state index in [-0.39, 0.29) is 0 Å². The Morgan fingerprint density at radius 1 is 0.929 bits per heavy atom. The van der Waals surface area contributed by atoms with Crippen LogP contribution in [0.2, 0.25) is 0 Å². The number of hydrogen-bond acceptors (Lipinski definition) is 1. The Morgan fingerprint density at radius 2 is 1.57 bits per heavy atom. The van der Waals surface area contributed by atoms with E-state index in [4.69, 9.17) is 0 Å². The molecule has 80 valence electrons. The van der Waals surface area contributed by atoms with Gasteiger partial charge in [-0.3, -0.25) is 0 Å². The van der Waals surface area contributed by atoms with Crippen LogP contribution in [0.1, 0.15) is 44.9 Å². The van der Waals surface area contributed by atoms with E-state index in [1.54, 1.807) is 12.8 Å². The summed E-state index contributed by atoms with van der Waals surface area (Å²) in [5.74, 6) is 4.37. The predicted molar refractivity (Wildman–Crippen MR) is 59.1 cm³/mol. The summed E-state index contributed by atoms with van der Waals surface area (Å²) in [6.07, 6.45) is 10.6. The molecule has 0 saturated heterocycles. The van der Waals surface area contributed by atoms with Crippen LogP contribution in [0.25, 0.3) is 0 Å². The van der Waals surface area contributed by atoms with E-state index in [1.165, 1.54) is 32.1 Å². The first kappa shape index (κ1) is 9.21. The van der Waals surface area contributed by atoms with Crippen molar-refractivity contribution in [1.82, 2.24) is 5.32 Å². The Morgan fingerprint density at radius 3 is 2.14 bits per heavy atom. The molecule has 0 aromatic carbocycles. The van der Waals surface area contributed by atoms with Crippen LogP contribution in [0.3, 0.4) is 0 Å². The molecule has 3 atom stereocenters. The minimum absolute atomic E-state index is 0.882. The lowest BCUT2D eigenvalue weighted by molar-refractivity contribution is 0.311.